The number of halogens is 1. The molecule has 4 heteroatoms. The van der Waals surface area contributed by atoms with Gasteiger partial charge in [-0.15, -0.1) is 0 Å². The van der Waals surface area contributed by atoms with E-state index in [4.69, 9.17) is 9.47 Å². The third-order valence-electron chi connectivity index (χ3n) is 2.14. The highest BCUT2D eigenvalue weighted by molar-refractivity contribution is 9.10. The molecule has 0 fully saturated rings. The van der Waals surface area contributed by atoms with Crippen molar-refractivity contribution in [1.29, 1.82) is 0 Å². The van der Waals surface area contributed by atoms with Crippen molar-refractivity contribution in [2.75, 3.05) is 19.8 Å². The van der Waals surface area contributed by atoms with E-state index in [9.17, 15) is 4.79 Å². The van der Waals surface area contributed by atoms with Crippen LogP contribution in [0.1, 0.15) is 31.1 Å². The Balaban J connectivity index is 2.26. The van der Waals surface area contributed by atoms with Crippen LogP contribution in [0.15, 0.2) is 28.7 Å². The first kappa shape index (κ1) is 15.3. The van der Waals surface area contributed by atoms with Gasteiger partial charge in [0.1, 0.15) is 6.61 Å². The molecule has 1 aromatic rings. The summed E-state index contributed by atoms with van der Waals surface area (Å²) in [6.07, 6.45) is 0. The van der Waals surface area contributed by atoms with E-state index in [1.807, 2.05) is 32.9 Å². The van der Waals surface area contributed by atoms with Crippen LogP contribution in [0.4, 0.5) is 0 Å². The zero-order valence-corrected chi connectivity index (χ0v) is 12.6. The summed E-state index contributed by atoms with van der Waals surface area (Å²) in [6.45, 7) is 6.97. The maximum atomic E-state index is 11.8. The molecular weight excluding hydrogens is 296 g/mol. The van der Waals surface area contributed by atoms with Gasteiger partial charge in [-0.05, 0) is 32.9 Å². The molecule has 100 valence electrons. The van der Waals surface area contributed by atoms with Gasteiger partial charge < -0.3 is 9.47 Å². The van der Waals surface area contributed by atoms with E-state index in [-0.39, 0.29) is 18.0 Å². The average Bonchev–Trinajstić information content (AvgIpc) is 2.26. The molecule has 3 nitrogen and oxygen atoms in total. The summed E-state index contributed by atoms with van der Waals surface area (Å²) in [5, 5.41) is 0. The van der Waals surface area contributed by atoms with Crippen molar-refractivity contribution in [3.05, 3.63) is 34.3 Å². The number of benzene rings is 1. The van der Waals surface area contributed by atoms with Crippen molar-refractivity contribution in [3.8, 4) is 0 Å². The number of hydrogen-bond acceptors (Lipinski definition) is 3. The Kier molecular flexibility index (Phi) is 5.99. The zero-order valence-electron chi connectivity index (χ0n) is 11.0. The number of ketones is 1. The van der Waals surface area contributed by atoms with E-state index in [1.165, 1.54) is 0 Å². The molecule has 0 N–H and O–H groups in total. The van der Waals surface area contributed by atoms with Crippen LogP contribution in [0.3, 0.4) is 0 Å². The molecular formula is C14H19BrO3. The summed E-state index contributed by atoms with van der Waals surface area (Å²) >= 11 is 3.33. The molecule has 0 heterocycles. The molecule has 0 bridgehead atoms. The summed E-state index contributed by atoms with van der Waals surface area (Å²) in [6, 6.07) is 7.29. The van der Waals surface area contributed by atoms with E-state index in [0.29, 0.717) is 18.8 Å². The van der Waals surface area contributed by atoms with Crippen LogP contribution < -0.4 is 0 Å². The first-order chi connectivity index (χ1) is 8.38. The van der Waals surface area contributed by atoms with Crippen molar-refractivity contribution >= 4 is 21.7 Å². The molecule has 1 aromatic carbocycles. The molecule has 0 saturated carbocycles. The Morgan fingerprint density at radius 3 is 2.61 bits per heavy atom. The van der Waals surface area contributed by atoms with Crippen LogP contribution in [0, 0.1) is 0 Å². The summed E-state index contributed by atoms with van der Waals surface area (Å²) in [5.41, 5.74) is 0.485. The van der Waals surface area contributed by atoms with Crippen LogP contribution in [-0.2, 0) is 9.47 Å². The van der Waals surface area contributed by atoms with Crippen LogP contribution in [0.25, 0.3) is 0 Å². The van der Waals surface area contributed by atoms with Crippen molar-refractivity contribution in [2.45, 2.75) is 26.4 Å². The summed E-state index contributed by atoms with van der Waals surface area (Å²) in [4.78, 5) is 11.8. The predicted octanol–water partition coefficient (Wildman–Crippen LogP) is 3.46. The standard InChI is InChI=1S/C14H19BrO3/c1-14(2,3)18-8-7-17-10-13(16)11-5-4-6-12(15)9-11/h4-6,9H,7-8,10H2,1-3H3. The number of ether oxygens (including phenoxy) is 2. The molecule has 18 heavy (non-hydrogen) atoms. The van der Waals surface area contributed by atoms with E-state index >= 15 is 0 Å². The number of Topliss-reactive ketones (excluding diaryl/α,β-unsaturated/α-hetero) is 1. The molecule has 0 aliphatic heterocycles. The van der Waals surface area contributed by atoms with E-state index < -0.39 is 0 Å². The van der Waals surface area contributed by atoms with Crippen molar-refractivity contribution in [2.24, 2.45) is 0 Å². The lowest BCUT2D eigenvalue weighted by atomic mass is 10.1. The van der Waals surface area contributed by atoms with Gasteiger partial charge in [0.2, 0.25) is 0 Å². The molecule has 0 aliphatic carbocycles. The van der Waals surface area contributed by atoms with Gasteiger partial charge in [0.05, 0.1) is 18.8 Å². The van der Waals surface area contributed by atoms with Crippen molar-refractivity contribution < 1.29 is 14.3 Å². The molecule has 0 spiro atoms. The van der Waals surface area contributed by atoms with E-state index in [0.717, 1.165) is 4.47 Å². The normalized spacial score (nSPS) is 11.6. The Morgan fingerprint density at radius 1 is 1.28 bits per heavy atom. The molecule has 0 radical (unpaired) electrons. The van der Waals surface area contributed by atoms with E-state index in [2.05, 4.69) is 15.9 Å². The zero-order chi connectivity index (χ0) is 13.6. The van der Waals surface area contributed by atoms with Crippen molar-refractivity contribution in [3.63, 3.8) is 0 Å². The maximum Gasteiger partial charge on any atom is 0.188 e. The number of hydrogen-bond donors (Lipinski definition) is 0. The fourth-order valence-corrected chi connectivity index (χ4v) is 1.72. The number of carbonyl (C=O) groups excluding carboxylic acids is 1. The second-order valence-corrected chi connectivity index (χ2v) is 5.86. The molecule has 0 saturated heterocycles. The molecule has 0 aliphatic rings. The van der Waals surface area contributed by atoms with Gasteiger partial charge in [0.15, 0.2) is 5.78 Å². The number of carbonyl (C=O) groups is 1. The van der Waals surface area contributed by atoms with Crippen molar-refractivity contribution in [1.82, 2.24) is 0 Å². The molecule has 1 rings (SSSR count). The second kappa shape index (κ2) is 7.02. The quantitative estimate of drug-likeness (QED) is 0.596. The third kappa shape index (κ3) is 6.28. The Morgan fingerprint density at radius 2 is 2.00 bits per heavy atom. The van der Waals surface area contributed by atoms with Gasteiger partial charge in [-0.3, -0.25) is 4.79 Å². The minimum absolute atomic E-state index is 0.0212. The first-order valence-electron chi connectivity index (χ1n) is 5.89. The highest BCUT2D eigenvalue weighted by atomic mass is 79.9. The molecule has 0 unspecified atom stereocenters. The second-order valence-electron chi connectivity index (χ2n) is 4.95. The van der Waals surface area contributed by atoms with Gasteiger partial charge in [0.25, 0.3) is 0 Å². The Bertz CT molecular complexity index is 396. The smallest absolute Gasteiger partial charge is 0.188 e. The van der Waals surface area contributed by atoms with E-state index in [1.54, 1.807) is 12.1 Å². The minimum Gasteiger partial charge on any atom is -0.373 e. The maximum absolute atomic E-state index is 11.8. The lowest BCUT2D eigenvalue weighted by Crippen LogP contribution is -2.22. The van der Waals surface area contributed by atoms with Gasteiger partial charge in [-0.1, -0.05) is 28.1 Å². The lowest BCUT2D eigenvalue weighted by Gasteiger charge is -2.19. The third-order valence-corrected chi connectivity index (χ3v) is 2.64. The monoisotopic (exact) mass is 314 g/mol. The topological polar surface area (TPSA) is 35.5 Å². The first-order valence-corrected chi connectivity index (χ1v) is 6.68. The highest BCUT2D eigenvalue weighted by Gasteiger charge is 2.10. The summed E-state index contributed by atoms with van der Waals surface area (Å²) < 4.78 is 11.7. The average molecular weight is 315 g/mol. The lowest BCUT2D eigenvalue weighted by molar-refractivity contribution is -0.0324. The SMILES string of the molecule is CC(C)(C)OCCOCC(=O)c1cccc(Br)c1. The molecule has 0 amide bonds. The Labute approximate surface area is 117 Å². The van der Waals surface area contributed by atoms with Crippen LogP contribution in [0.2, 0.25) is 0 Å². The molecule has 0 aromatic heterocycles. The molecule has 0 atom stereocenters. The number of rotatable bonds is 6. The summed E-state index contributed by atoms with van der Waals surface area (Å²) in [5.74, 6) is -0.0212. The minimum atomic E-state index is -0.169. The van der Waals surface area contributed by atoms with Crippen LogP contribution in [-0.4, -0.2) is 31.2 Å². The largest absolute Gasteiger partial charge is 0.373 e. The fraction of sp³-hybridized carbons (Fsp3) is 0.500. The van der Waals surface area contributed by atoms with Gasteiger partial charge in [-0.25, -0.2) is 0 Å². The van der Waals surface area contributed by atoms with Crippen LogP contribution in [0.5, 0.6) is 0 Å². The van der Waals surface area contributed by atoms with Gasteiger partial charge in [0, 0.05) is 10.0 Å². The fourth-order valence-electron chi connectivity index (χ4n) is 1.32. The Hall–Kier alpha value is -0.710. The van der Waals surface area contributed by atoms with Crippen LogP contribution >= 0.6 is 15.9 Å². The van der Waals surface area contributed by atoms with Gasteiger partial charge in [-0.2, -0.15) is 0 Å². The predicted molar refractivity (Wildman–Crippen MR) is 75.0 cm³/mol. The highest BCUT2D eigenvalue weighted by Crippen LogP contribution is 2.12. The summed E-state index contributed by atoms with van der Waals surface area (Å²) in [7, 11) is 0. The van der Waals surface area contributed by atoms with Gasteiger partial charge >= 0.3 is 0 Å².